The number of nitrogens with zero attached hydrogens (tertiary/aromatic N) is 2. The first-order chi connectivity index (χ1) is 11.1. The van der Waals surface area contributed by atoms with E-state index in [-0.39, 0.29) is 18.4 Å². The molecule has 0 N–H and O–H groups in total. The Balaban J connectivity index is 1.66. The molecular weight excluding hydrogens is 288 g/mol. The van der Waals surface area contributed by atoms with E-state index >= 15 is 0 Å². The predicted octanol–water partition coefficient (Wildman–Crippen LogP) is 2.75. The lowest BCUT2D eigenvalue weighted by molar-refractivity contribution is -0.141. The molecule has 1 fully saturated rings. The van der Waals surface area contributed by atoms with Crippen molar-refractivity contribution >= 4 is 11.8 Å². The Morgan fingerprint density at radius 1 is 1.13 bits per heavy atom. The van der Waals surface area contributed by atoms with Crippen LogP contribution in [0.1, 0.15) is 49.7 Å². The van der Waals surface area contributed by atoms with Crippen molar-refractivity contribution in [1.82, 2.24) is 9.80 Å². The summed E-state index contributed by atoms with van der Waals surface area (Å²) in [5.41, 5.74) is 2.41. The minimum absolute atomic E-state index is 0.0737. The fourth-order valence-corrected chi connectivity index (χ4v) is 3.74. The van der Waals surface area contributed by atoms with Gasteiger partial charge < -0.3 is 9.80 Å². The van der Waals surface area contributed by atoms with Gasteiger partial charge in [0.25, 0.3) is 0 Å². The largest absolute Gasteiger partial charge is 0.341 e. The molecule has 1 aliphatic heterocycles. The van der Waals surface area contributed by atoms with Crippen LogP contribution in [0.5, 0.6) is 0 Å². The fourth-order valence-electron chi connectivity index (χ4n) is 3.74. The number of carbonyl (C=O) groups is 2. The summed E-state index contributed by atoms with van der Waals surface area (Å²) in [7, 11) is 1.90. The summed E-state index contributed by atoms with van der Waals surface area (Å²) >= 11 is 0. The van der Waals surface area contributed by atoms with Crippen molar-refractivity contribution < 1.29 is 9.59 Å². The van der Waals surface area contributed by atoms with E-state index in [2.05, 4.69) is 12.1 Å². The van der Waals surface area contributed by atoms with Crippen molar-refractivity contribution in [3.8, 4) is 0 Å². The first-order valence-corrected chi connectivity index (χ1v) is 8.75. The summed E-state index contributed by atoms with van der Waals surface area (Å²) in [4.78, 5) is 28.6. The molecule has 2 amide bonds. The van der Waals surface area contributed by atoms with Gasteiger partial charge in [0, 0.05) is 26.1 Å². The van der Waals surface area contributed by atoms with E-state index in [9.17, 15) is 9.59 Å². The zero-order valence-electron chi connectivity index (χ0n) is 14.0. The molecule has 0 saturated heterocycles. The number of fused-ring (bicyclic) bond motifs is 1. The molecule has 2 aliphatic rings. The maximum Gasteiger partial charge on any atom is 0.242 e. The molecule has 0 bridgehead atoms. The van der Waals surface area contributed by atoms with Gasteiger partial charge in [-0.3, -0.25) is 9.59 Å². The first-order valence-electron chi connectivity index (χ1n) is 8.75. The number of hydrogen-bond acceptors (Lipinski definition) is 2. The van der Waals surface area contributed by atoms with Crippen molar-refractivity contribution in [3.05, 3.63) is 35.4 Å². The molecule has 0 spiro atoms. The Bertz CT molecular complexity index is 578. The number of rotatable bonds is 3. The van der Waals surface area contributed by atoms with Gasteiger partial charge in [-0.15, -0.1) is 0 Å². The number of amides is 2. The van der Waals surface area contributed by atoms with Crippen LogP contribution in [0.15, 0.2) is 24.3 Å². The average molecular weight is 314 g/mol. The van der Waals surface area contributed by atoms with Gasteiger partial charge in [-0.1, -0.05) is 43.5 Å². The molecule has 0 radical (unpaired) electrons. The number of aryl methyl sites for hydroxylation is 1. The normalized spacial score (nSPS) is 19.2. The van der Waals surface area contributed by atoms with Gasteiger partial charge in [0.15, 0.2) is 0 Å². The number of carbonyl (C=O) groups excluding carboxylic acids is 2. The average Bonchev–Trinajstić information content (AvgIpc) is 2.74. The Morgan fingerprint density at radius 3 is 2.57 bits per heavy atom. The topological polar surface area (TPSA) is 40.6 Å². The lowest BCUT2D eigenvalue weighted by atomic mass is 9.94. The third kappa shape index (κ3) is 3.74. The van der Waals surface area contributed by atoms with Gasteiger partial charge in [0.2, 0.25) is 11.8 Å². The minimum Gasteiger partial charge on any atom is -0.341 e. The summed E-state index contributed by atoms with van der Waals surface area (Å²) in [6, 6.07) is 8.52. The van der Waals surface area contributed by atoms with Crippen molar-refractivity contribution in [2.24, 2.45) is 0 Å². The van der Waals surface area contributed by atoms with Crippen molar-refractivity contribution in [1.29, 1.82) is 0 Å². The number of likely N-dealkylation sites (N-methyl/N-ethyl adjacent to an activating group) is 1. The highest BCUT2D eigenvalue weighted by molar-refractivity contribution is 5.85. The molecule has 124 valence electrons. The Labute approximate surface area is 138 Å². The van der Waals surface area contributed by atoms with Gasteiger partial charge in [0.05, 0.1) is 0 Å². The summed E-state index contributed by atoms with van der Waals surface area (Å²) in [5.74, 6) is 0.163. The van der Waals surface area contributed by atoms with Gasteiger partial charge in [-0.25, -0.2) is 0 Å². The molecule has 0 aromatic heterocycles. The van der Waals surface area contributed by atoms with E-state index in [0.717, 1.165) is 19.3 Å². The summed E-state index contributed by atoms with van der Waals surface area (Å²) in [5, 5.41) is 0. The van der Waals surface area contributed by atoms with Gasteiger partial charge in [-0.05, 0) is 30.4 Å². The number of hydrogen-bond donors (Lipinski definition) is 0. The Hall–Kier alpha value is -1.84. The van der Waals surface area contributed by atoms with E-state index in [4.69, 9.17) is 0 Å². The molecule has 1 saturated carbocycles. The molecule has 4 nitrogen and oxygen atoms in total. The lowest BCUT2D eigenvalue weighted by Crippen LogP contribution is -2.45. The zero-order valence-corrected chi connectivity index (χ0v) is 14.0. The minimum atomic E-state index is 0.0737. The van der Waals surface area contributed by atoms with Crippen LogP contribution in [0, 0.1) is 0 Å². The fraction of sp³-hybridized carbons (Fsp3) is 0.579. The third-order valence-electron chi connectivity index (χ3n) is 5.28. The highest BCUT2D eigenvalue weighted by atomic mass is 16.2. The van der Waals surface area contributed by atoms with Crippen LogP contribution in [-0.4, -0.2) is 41.2 Å². The zero-order chi connectivity index (χ0) is 16.2. The maximum atomic E-state index is 12.6. The SMILES string of the molecule is CN(C(=O)CN1Cc2ccccc2CCC1=O)C1CCCCC1. The van der Waals surface area contributed by atoms with Crippen molar-refractivity contribution in [2.45, 2.75) is 57.5 Å². The van der Waals surface area contributed by atoms with Crippen LogP contribution in [-0.2, 0) is 22.6 Å². The molecule has 1 aromatic rings. The second-order valence-electron chi connectivity index (χ2n) is 6.81. The summed E-state index contributed by atoms with van der Waals surface area (Å²) in [6.07, 6.45) is 7.16. The predicted molar refractivity (Wildman–Crippen MR) is 89.8 cm³/mol. The molecule has 0 atom stereocenters. The highest BCUT2D eigenvalue weighted by Crippen LogP contribution is 2.23. The van der Waals surface area contributed by atoms with Crippen LogP contribution in [0.4, 0.5) is 0 Å². The van der Waals surface area contributed by atoms with E-state index < -0.39 is 0 Å². The van der Waals surface area contributed by atoms with Gasteiger partial charge >= 0.3 is 0 Å². The molecule has 1 aliphatic carbocycles. The first kappa shape index (κ1) is 16.0. The van der Waals surface area contributed by atoms with Crippen LogP contribution >= 0.6 is 0 Å². The Morgan fingerprint density at radius 2 is 1.83 bits per heavy atom. The van der Waals surface area contributed by atoms with E-state index in [1.165, 1.54) is 30.4 Å². The highest BCUT2D eigenvalue weighted by Gasteiger charge is 2.26. The molecule has 0 unspecified atom stereocenters. The second-order valence-corrected chi connectivity index (χ2v) is 6.81. The molecule has 4 heteroatoms. The van der Waals surface area contributed by atoms with Crippen molar-refractivity contribution in [2.75, 3.05) is 13.6 Å². The van der Waals surface area contributed by atoms with Crippen LogP contribution in [0.3, 0.4) is 0 Å². The smallest absolute Gasteiger partial charge is 0.242 e. The van der Waals surface area contributed by atoms with Crippen LogP contribution < -0.4 is 0 Å². The molecule has 1 heterocycles. The van der Waals surface area contributed by atoms with Crippen LogP contribution in [0.2, 0.25) is 0 Å². The second kappa shape index (κ2) is 7.16. The Kier molecular flexibility index (Phi) is 4.99. The standard InChI is InChI=1S/C19H26N2O2/c1-20(17-9-3-2-4-10-17)19(23)14-21-13-16-8-6-5-7-15(16)11-12-18(21)22/h5-8,17H,2-4,9-14H2,1H3. The van der Waals surface area contributed by atoms with Gasteiger partial charge in [0.1, 0.15) is 6.54 Å². The summed E-state index contributed by atoms with van der Waals surface area (Å²) < 4.78 is 0. The van der Waals surface area contributed by atoms with Gasteiger partial charge in [-0.2, -0.15) is 0 Å². The molecule has 3 rings (SSSR count). The molecule has 23 heavy (non-hydrogen) atoms. The molecular formula is C19H26N2O2. The number of benzene rings is 1. The van der Waals surface area contributed by atoms with E-state index in [1.54, 1.807) is 4.90 Å². The maximum absolute atomic E-state index is 12.6. The third-order valence-corrected chi connectivity index (χ3v) is 5.28. The van der Waals surface area contributed by atoms with E-state index in [0.29, 0.717) is 19.0 Å². The quantitative estimate of drug-likeness (QED) is 0.861. The molecule has 1 aromatic carbocycles. The van der Waals surface area contributed by atoms with E-state index in [1.807, 2.05) is 24.1 Å². The van der Waals surface area contributed by atoms with Crippen molar-refractivity contribution in [3.63, 3.8) is 0 Å². The lowest BCUT2D eigenvalue weighted by Gasteiger charge is -2.33. The monoisotopic (exact) mass is 314 g/mol. The van der Waals surface area contributed by atoms with Crippen LogP contribution in [0.25, 0.3) is 0 Å². The summed E-state index contributed by atoms with van der Waals surface area (Å²) in [6.45, 7) is 0.763.